The summed E-state index contributed by atoms with van der Waals surface area (Å²) in [6, 6.07) is 3.97. The molecule has 0 unspecified atom stereocenters. The van der Waals surface area contributed by atoms with E-state index in [1.807, 2.05) is 0 Å². The van der Waals surface area contributed by atoms with Crippen molar-refractivity contribution < 1.29 is 9.90 Å². The Hall–Kier alpha value is -2.62. The molecular formula is C20H23Cl2N7O2. The molecule has 0 bridgehead atoms. The predicted octanol–water partition coefficient (Wildman–Crippen LogP) is 2.61. The van der Waals surface area contributed by atoms with Crippen molar-refractivity contribution in [3.05, 3.63) is 40.8 Å². The Labute approximate surface area is 189 Å². The van der Waals surface area contributed by atoms with Crippen LogP contribution in [0.1, 0.15) is 19.8 Å². The maximum Gasteiger partial charge on any atom is 0.245 e. The van der Waals surface area contributed by atoms with Crippen LogP contribution in [0, 0.1) is 0 Å². The fraction of sp³-hybridized carbons (Fsp3) is 0.400. The zero-order chi connectivity index (χ0) is 22.0. The third kappa shape index (κ3) is 5.00. The molecular weight excluding hydrogens is 441 g/mol. The van der Waals surface area contributed by atoms with Crippen molar-refractivity contribution in [2.45, 2.75) is 38.0 Å². The van der Waals surface area contributed by atoms with Gasteiger partial charge in [0.2, 0.25) is 5.91 Å². The van der Waals surface area contributed by atoms with Crippen LogP contribution >= 0.6 is 23.2 Å². The minimum absolute atomic E-state index is 0.0934. The van der Waals surface area contributed by atoms with Crippen molar-refractivity contribution in [3.63, 3.8) is 0 Å². The van der Waals surface area contributed by atoms with E-state index in [0.717, 1.165) is 30.6 Å². The van der Waals surface area contributed by atoms with Crippen molar-refractivity contribution in [2.24, 2.45) is 0 Å². The number of piperidine rings is 1. The molecule has 4 rings (SSSR count). The first-order valence-electron chi connectivity index (χ1n) is 10.0. The summed E-state index contributed by atoms with van der Waals surface area (Å²) in [4.78, 5) is 23.7. The van der Waals surface area contributed by atoms with Gasteiger partial charge in [-0.15, -0.1) is 0 Å². The monoisotopic (exact) mass is 463 g/mol. The first kappa shape index (κ1) is 21.6. The maximum absolute atomic E-state index is 13.0. The highest BCUT2D eigenvalue weighted by molar-refractivity contribution is 6.35. The van der Waals surface area contributed by atoms with Crippen LogP contribution in [0.2, 0.25) is 10.0 Å². The van der Waals surface area contributed by atoms with E-state index in [2.05, 4.69) is 35.7 Å². The molecule has 1 amide bonds. The average Bonchev–Trinajstić information content (AvgIpc) is 3.20. The molecule has 164 valence electrons. The molecule has 0 spiro atoms. The number of hydrogen-bond acceptors (Lipinski definition) is 7. The van der Waals surface area contributed by atoms with E-state index < -0.39 is 12.1 Å². The molecule has 1 aliphatic heterocycles. The highest BCUT2D eigenvalue weighted by atomic mass is 35.5. The van der Waals surface area contributed by atoms with Gasteiger partial charge in [-0.25, -0.2) is 9.97 Å². The lowest BCUT2D eigenvalue weighted by Gasteiger charge is -2.35. The number of aliphatic hydroxyl groups excluding tert-OH is 1. The van der Waals surface area contributed by atoms with Crippen LogP contribution in [-0.2, 0) is 4.79 Å². The van der Waals surface area contributed by atoms with Gasteiger partial charge in [0, 0.05) is 34.9 Å². The minimum atomic E-state index is -0.926. The number of H-pyrrole nitrogens is 1. The lowest BCUT2D eigenvalue weighted by molar-refractivity contribution is -0.124. The Morgan fingerprint density at radius 1 is 1.29 bits per heavy atom. The van der Waals surface area contributed by atoms with Gasteiger partial charge in [-0.3, -0.25) is 9.89 Å². The second-order valence-electron chi connectivity index (χ2n) is 7.64. The summed E-state index contributed by atoms with van der Waals surface area (Å²) < 4.78 is 0. The first-order chi connectivity index (χ1) is 14.9. The molecule has 0 saturated carbocycles. The summed E-state index contributed by atoms with van der Waals surface area (Å²) in [6.07, 6.45) is 4.00. The van der Waals surface area contributed by atoms with Crippen LogP contribution in [-0.4, -0.2) is 62.5 Å². The van der Waals surface area contributed by atoms with Crippen molar-refractivity contribution in [1.82, 2.24) is 25.5 Å². The number of nitrogens with zero attached hydrogens (tertiary/aromatic N) is 4. The topological polar surface area (TPSA) is 119 Å². The molecule has 3 atom stereocenters. The smallest absolute Gasteiger partial charge is 0.245 e. The highest BCUT2D eigenvalue weighted by Gasteiger charge is 2.29. The number of nitrogens with one attached hydrogen (secondary N) is 3. The molecule has 2 aromatic heterocycles. The van der Waals surface area contributed by atoms with E-state index in [9.17, 15) is 9.90 Å². The average molecular weight is 464 g/mol. The molecule has 0 radical (unpaired) electrons. The van der Waals surface area contributed by atoms with Gasteiger partial charge >= 0.3 is 0 Å². The van der Waals surface area contributed by atoms with E-state index in [-0.39, 0.29) is 11.9 Å². The number of carbonyl (C=O) groups excluding carboxylic acids is 1. The number of carbonyl (C=O) groups is 1. The summed E-state index contributed by atoms with van der Waals surface area (Å²) >= 11 is 12.1. The van der Waals surface area contributed by atoms with Gasteiger partial charge < -0.3 is 20.6 Å². The fourth-order valence-electron chi connectivity index (χ4n) is 3.80. The third-order valence-corrected chi connectivity index (χ3v) is 5.68. The third-order valence-electron chi connectivity index (χ3n) is 5.24. The molecule has 1 fully saturated rings. The van der Waals surface area contributed by atoms with Crippen LogP contribution in [0.15, 0.2) is 30.7 Å². The number of aromatic nitrogens is 4. The number of rotatable bonds is 6. The van der Waals surface area contributed by atoms with Crippen LogP contribution < -0.4 is 15.5 Å². The van der Waals surface area contributed by atoms with Gasteiger partial charge in [0.1, 0.15) is 18.2 Å². The Kier molecular flexibility index (Phi) is 6.45. The SMILES string of the molecule is C[C@@H](O)[C@@H](Nc1cc(Cl)cc(Cl)c1)C(=O)N[C@@H]1CCCN(c2ncnc3[nH]ncc23)C1. The van der Waals surface area contributed by atoms with Gasteiger partial charge in [-0.2, -0.15) is 5.10 Å². The summed E-state index contributed by atoms with van der Waals surface area (Å²) in [5, 5.41) is 24.9. The molecule has 3 aromatic rings. The number of aromatic amines is 1. The van der Waals surface area contributed by atoms with E-state index >= 15 is 0 Å². The lowest BCUT2D eigenvalue weighted by atomic mass is 10.0. The number of benzene rings is 1. The second-order valence-corrected chi connectivity index (χ2v) is 8.52. The van der Waals surface area contributed by atoms with Crippen molar-refractivity contribution in [1.29, 1.82) is 0 Å². The van der Waals surface area contributed by atoms with E-state index in [1.54, 1.807) is 31.3 Å². The summed E-state index contributed by atoms with van der Waals surface area (Å²) in [5.41, 5.74) is 1.24. The van der Waals surface area contributed by atoms with E-state index in [4.69, 9.17) is 23.2 Å². The van der Waals surface area contributed by atoms with Gasteiger partial charge in [-0.05, 0) is 38.0 Å². The Bertz CT molecular complexity index is 1050. The van der Waals surface area contributed by atoms with Gasteiger partial charge in [0.15, 0.2) is 5.65 Å². The van der Waals surface area contributed by atoms with Crippen LogP contribution in [0.25, 0.3) is 11.0 Å². The van der Waals surface area contributed by atoms with Crippen molar-refractivity contribution in [2.75, 3.05) is 23.3 Å². The number of hydrogen-bond donors (Lipinski definition) is 4. The number of anilines is 2. The van der Waals surface area contributed by atoms with Crippen molar-refractivity contribution in [3.8, 4) is 0 Å². The second kappa shape index (κ2) is 9.25. The number of fused-ring (bicyclic) bond motifs is 1. The Morgan fingerprint density at radius 3 is 2.81 bits per heavy atom. The minimum Gasteiger partial charge on any atom is -0.391 e. The molecule has 0 aliphatic carbocycles. The van der Waals surface area contributed by atoms with Gasteiger partial charge in [-0.1, -0.05) is 23.2 Å². The Morgan fingerprint density at radius 2 is 2.06 bits per heavy atom. The molecule has 3 heterocycles. The molecule has 1 saturated heterocycles. The predicted molar refractivity (Wildman–Crippen MR) is 121 cm³/mol. The normalized spacial score (nSPS) is 18.6. The number of aliphatic hydroxyl groups is 1. The summed E-state index contributed by atoms with van der Waals surface area (Å²) in [6.45, 7) is 2.98. The van der Waals surface area contributed by atoms with Crippen LogP contribution in [0.4, 0.5) is 11.5 Å². The summed E-state index contributed by atoms with van der Waals surface area (Å²) in [5.74, 6) is 0.491. The van der Waals surface area contributed by atoms with Crippen LogP contribution in [0.5, 0.6) is 0 Å². The lowest BCUT2D eigenvalue weighted by Crippen LogP contribution is -2.54. The quantitative estimate of drug-likeness (QED) is 0.443. The Balaban J connectivity index is 1.45. The van der Waals surface area contributed by atoms with E-state index in [1.165, 1.54) is 6.33 Å². The molecule has 9 nitrogen and oxygen atoms in total. The highest BCUT2D eigenvalue weighted by Crippen LogP contribution is 2.25. The molecule has 31 heavy (non-hydrogen) atoms. The fourth-order valence-corrected chi connectivity index (χ4v) is 4.33. The van der Waals surface area contributed by atoms with Crippen molar-refractivity contribution >= 4 is 51.6 Å². The number of amides is 1. The summed E-state index contributed by atoms with van der Waals surface area (Å²) in [7, 11) is 0. The zero-order valence-corrected chi connectivity index (χ0v) is 18.4. The number of halogens is 2. The largest absolute Gasteiger partial charge is 0.391 e. The van der Waals surface area contributed by atoms with Gasteiger partial charge in [0.05, 0.1) is 17.7 Å². The zero-order valence-electron chi connectivity index (χ0n) is 16.8. The van der Waals surface area contributed by atoms with E-state index in [0.29, 0.717) is 27.9 Å². The molecule has 1 aliphatic rings. The molecule has 11 heteroatoms. The van der Waals surface area contributed by atoms with Gasteiger partial charge in [0.25, 0.3) is 0 Å². The molecule has 1 aromatic carbocycles. The first-order valence-corrected chi connectivity index (χ1v) is 10.8. The van der Waals surface area contributed by atoms with Crippen LogP contribution in [0.3, 0.4) is 0 Å². The molecule has 4 N–H and O–H groups in total. The standard InChI is InChI=1S/C20H23Cl2N7O2/c1-11(30)17(26-15-6-12(21)5-13(22)7-15)20(31)27-14-3-2-4-29(9-14)19-16-8-25-28-18(16)23-10-24-19/h5-8,10-11,14,17,26,30H,2-4,9H2,1H3,(H,27,31)(H,23,24,25,28)/t11-,14-,17-/m1/s1. The maximum atomic E-state index is 13.0.